The maximum atomic E-state index is 5.93. The van der Waals surface area contributed by atoms with E-state index in [1.165, 1.54) is 18.6 Å². The lowest BCUT2D eigenvalue weighted by atomic mass is 9.97. The lowest BCUT2D eigenvalue weighted by Crippen LogP contribution is -2.40. The molecule has 3 rings (SSSR count). The number of benzene rings is 1. The van der Waals surface area contributed by atoms with Gasteiger partial charge in [-0.15, -0.1) is 0 Å². The summed E-state index contributed by atoms with van der Waals surface area (Å²) in [5.41, 5.74) is 1.20. The van der Waals surface area contributed by atoms with E-state index in [0.29, 0.717) is 5.92 Å². The zero-order valence-electron chi connectivity index (χ0n) is 14.7. The Balaban J connectivity index is 1.34. The number of likely N-dealkylation sites (tertiary alicyclic amines) is 1. The van der Waals surface area contributed by atoms with Crippen molar-refractivity contribution in [3.8, 4) is 11.5 Å². The van der Waals surface area contributed by atoms with Gasteiger partial charge in [-0.25, -0.2) is 0 Å². The van der Waals surface area contributed by atoms with Crippen LogP contribution in [0, 0.1) is 5.92 Å². The van der Waals surface area contributed by atoms with Crippen LogP contribution in [0.15, 0.2) is 29.4 Å². The second kappa shape index (κ2) is 8.38. The first-order valence-corrected chi connectivity index (χ1v) is 8.97. The molecule has 0 spiro atoms. The van der Waals surface area contributed by atoms with Gasteiger partial charge in [0.05, 0.1) is 19.4 Å². The van der Waals surface area contributed by atoms with Crippen LogP contribution in [0.4, 0.5) is 0 Å². The fourth-order valence-corrected chi connectivity index (χ4v) is 3.30. The Hall–Kier alpha value is -1.75. The van der Waals surface area contributed by atoms with Crippen LogP contribution in [-0.4, -0.2) is 50.1 Å². The zero-order valence-corrected chi connectivity index (χ0v) is 14.7. The Bertz CT molecular complexity index is 536. The van der Waals surface area contributed by atoms with Gasteiger partial charge in [0.1, 0.15) is 17.6 Å². The van der Waals surface area contributed by atoms with Crippen LogP contribution in [0.3, 0.4) is 0 Å². The minimum Gasteiger partial charge on any atom is -0.497 e. The van der Waals surface area contributed by atoms with E-state index in [2.05, 4.69) is 17.0 Å². The number of hydrogen-bond acceptors (Lipinski definition) is 5. The molecular weight excluding hydrogens is 304 g/mol. The smallest absolute Gasteiger partial charge is 0.145 e. The summed E-state index contributed by atoms with van der Waals surface area (Å²) in [6, 6.07) is 7.81. The molecule has 132 valence electrons. The number of ether oxygens (including phenoxy) is 2. The molecule has 2 heterocycles. The molecule has 1 aromatic carbocycles. The summed E-state index contributed by atoms with van der Waals surface area (Å²) < 4.78 is 11.1. The van der Waals surface area contributed by atoms with Crippen molar-refractivity contribution in [1.82, 2.24) is 4.90 Å². The van der Waals surface area contributed by atoms with Gasteiger partial charge in [0.15, 0.2) is 0 Å². The van der Waals surface area contributed by atoms with Crippen LogP contribution >= 0.6 is 0 Å². The Morgan fingerprint density at radius 2 is 1.88 bits per heavy atom. The minimum atomic E-state index is 0.257. The van der Waals surface area contributed by atoms with Gasteiger partial charge >= 0.3 is 0 Å². The van der Waals surface area contributed by atoms with Gasteiger partial charge in [0.25, 0.3) is 0 Å². The van der Waals surface area contributed by atoms with Crippen molar-refractivity contribution in [1.29, 1.82) is 0 Å². The van der Waals surface area contributed by atoms with Crippen LogP contribution in [0.2, 0.25) is 0 Å². The quantitative estimate of drug-likeness (QED) is 0.768. The summed E-state index contributed by atoms with van der Waals surface area (Å²) in [7, 11) is 1.68. The summed E-state index contributed by atoms with van der Waals surface area (Å²) in [5.74, 6) is 2.41. The zero-order chi connectivity index (χ0) is 16.8. The third kappa shape index (κ3) is 4.63. The van der Waals surface area contributed by atoms with Gasteiger partial charge in [0.2, 0.25) is 0 Å². The van der Waals surface area contributed by atoms with Gasteiger partial charge in [-0.3, -0.25) is 4.90 Å². The molecule has 0 radical (unpaired) electrons. The van der Waals surface area contributed by atoms with Gasteiger partial charge < -0.3 is 14.3 Å². The number of oxime groups is 1. The second-order valence-corrected chi connectivity index (χ2v) is 6.67. The van der Waals surface area contributed by atoms with E-state index in [9.17, 15) is 0 Å². The molecule has 1 fully saturated rings. The third-order valence-electron chi connectivity index (χ3n) is 4.92. The summed E-state index contributed by atoms with van der Waals surface area (Å²) in [4.78, 5) is 8.02. The first-order chi connectivity index (χ1) is 11.8. The molecule has 1 saturated heterocycles. The lowest BCUT2D eigenvalue weighted by Gasteiger charge is -2.32. The maximum Gasteiger partial charge on any atom is 0.145 e. The van der Waals surface area contributed by atoms with Crippen molar-refractivity contribution in [3.05, 3.63) is 24.3 Å². The van der Waals surface area contributed by atoms with Crippen molar-refractivity contribution in [2.24, 2.45) is 11.1 Å². The normalized spacial score (nSPS) is 22.1. The van der Waals surface area contributed by atoms with Crippen molar-refractivity contribution in [2.75, 3.05) is 33.4 Å². The summed E-state index contributed by atoms with van der Waals surface area (Å²) in [6.45, 7) is 6.18. The molecule has 24 heavy (non-hydrogen) atoms. The van der Waals surface area contributed by atoms with E-state index < -0.39 is 0 Å². The molecule has 0 aliphatic carbocycles. The second-order valence-electron chi connectivity index (χ2n) is 6.67. The Labute approximate surface area is 144 Å². The molecule has 2 aliphatic rings. The fraction of sp³-hybridized carbons (Fsp3) is 0.632. The van der Waals surface area contributed by atoms with Crippen molar-refractivity contribution in [3.63, 3.8) is 0 Å². The van der Waals surface area contributed by atoms with Gasteiger partial charge in [-0.2, -0.15) is 0 Å². The molecule has 0 N–H and O–H groups in total. The molecular formula is C19H28N2O3. The van der Waals surface area contributed by atoms with Crippen LogP contribution in [0.5, 0.6) is 11.5 Å². The van der Waals surface area contributed by atoms with E-state index in [4.69, 9.17) is 14.3 Å². The number of nitrogens with zero attached hydrogens (tertiary/aromatic N) is 2. The molecule has 1 aromatic rings. The summed E-state index contributed by atoms with van der Waals surface area (Å²) >= 11 is 0. The Kier molecular flexibility index (Phi) is 5.96. The lowest BCUT2D eigenvalue weighted by molar-refractivity contribution is 0.0384. The maximum absolute atomic E-state index is 5.93. The highest BCUT2D eigenvalue weighted by Crippen LogP contribution is 2.22. The monoisotopic (exact) mass is 332 g/mol. The van der Waals surface area contributed by atoms with Crippen LogP contribution in [0.1, 0.15) is 32.6 Å². The average molecular weight is 332 g/mol. The molecule has 0 amide bonds. The van der Waals surface area contributed by atoms with Crippen LogP contribution in [-0.2, 0) is 4.84 Å². The highest BCUT2D eigenvalue weighted by Gasteiger charge is 2.26. The molecule has 2 aliphatic heterocycles. The number of hydrogen-bond donors (Lipinski definition) is 0. The Morgan fingerprint density at radius 3 is 2.50 bits per heavy atom. The van der Waals surface area contributed by atoms with Crippen molar-refractivity contribution < 1.29 is 14.3 Å². The van der Waals surface area contributed by atoms with Crippen LogP contribution in [0.25, 0.3) is 0 Å². The first kappa shape index (κ1) is 17.1. The van der Waals surface area contributed by atoms with E-state index >= 15 is 0 Å². The number of rotatable bonds is 7. The van der Waals surface area contributed by atoms with Gasteiger partial charge in [-0.1, -0.05) is 12.1 Å². The fourth-order valence-electron chi connectivity index (χ4n) is 3.30. The van der Waals surface area contributed by atoms with Gasteiger partial charge in [-0.05, 0) is 62.5 Å². The molecule has 1 atom stereocenters. The Morgan fingerprint density at radius 1 is 1.17 bits per heavy atom. The SMILES string of the molecule is CCC1=NO[C@H](CN2CCC(COc3ccc(OC)cc3)CC2)C1. The van der Waals surface area contributed by atoms with Crippen molar-refractivity contribution in [2.45, 2.75) is 38.7 Å². The molecule has 5 heteroatoms. The van der Waals surface area contributed by atoms with E-state index in [1.807, 2.05) is 24.3 Å². The van der Waals surface area contributed by atoms with Crippen LogP contribution < -0.4 is 9.47 Å². The molecule has 0 aromatic heterocycles. The minimum absolute atomic E-state index is 0.257. The summed E-state index contributed by atoms with van der Waals surface area (Å²) in [6.07, 6.45) is 4.62. The van der Waals surface area contributed by atoms with E-state index in [1.54, 1.807) is 7.11 Å². The summed E-state index contributed by atoms with van der Waals surface area (Å²) in [5, 5.41) is 4.15. The molecule has 0 saturated carbocycles. The number of methoxy groups -OCH3 is 1. The van der Waals surface area contributed by atoms with E-state index in [0.717, 1.165) is 50.6 Å². The topological polar surface area (TPSA) is 43.3 Å². The largest absolute Gasteiger partial charge is 0.497 e. The number of piperidine rings is 1. The highest BCUT2D eigenvalue weighted by molar-refractivity contribution is 5.85. The first-order valence-electron chi connectivity index (χ1n) is 8.97. The standard InChI is InChI=1S/C19H28N2O3/c1-3-16-12-19(24-20-16)13-21-10-8-15(9-11-21)14-23-18-6-4-17(22-2)5-7-18/h4-7,15,19H,3,8-14H2,1-2H3/t19-/m0/s1. The molecule has 5 nitrogen and oxygen atoms in total. The molecule has 0 unspecified atom stereocenters. The third-order valence-corrected chi connectivity index (χ3v) is 4.92. The predicted molar refractivity (Wildman–Crippen MR) is 94.9 cm³/mol. The van der Waals surface area contributed by atoms with Gasteiger partial charge in [0, 0.05) is 13.0 Å². The molecule has 0 bridgehead atoms. The highest BCUT2D eigenvalue weighted by atomic mass is 16.6. The predicted octanol–water partition coefficient (Wildman–Crippen LogP) is 3.34. The van der Waals surface area contributed by atoms with E-state index in [-0.39, 0.29) is 6.10 Å². The average Bonchev–Trinajstić information content (AvgIpc) is 3.09. The van der Waals surface area contributed by atoms with Crippen molar-refractivity contribution >= 4 is 5.71 Å².